The van der Waals surface area contributed by atoms with Crippen molar-refractivity contribution in [2.24, 2.45) is 5.92 Å². The van der Waals surface area contributed by atoms with Crippen LogP contribution in [0, 0.1) is 5.92 Å². The van der Waals surface area contributed by atoms with Crippen LogP contribution < -0.4 is 0 Å². The lowest BCUT2D eigenvalue weighted by Gasteiger charge is -2.43. The molecule has 0 aromatic heterocycles. The summed E-state index contributed by atoms with van der Waals surface area (Å²) in [4.78, 5) is 16.0. The first-order chi connectivity index (χ1) is 9.06. The number of hydrogen-bond acceptors (Lipinski definition) is 3. The van der Waals surface area contributed by atoms with Crippen LogP contribution in [0.4, 0.5) is 0 Å². The van der Waals surface area contributed by atoms with E-state index in [9.17, 15) is 4.79 Å². The van der Waals surface area contributed by atoms with Crippen molar-refractivity contribution in [1.29, 1.82) is 0 Å². The number of rotatable bonds is 4. The van der Waals surface area contributed by atoms with Crippen molar-refractivity contribution in [3.63, 3.8) is 0 Å². The van der Waals surface area contributed by atoms with Gasteiger partial charge in [0, 0.05) is 25.0 Å². The van der Waals surface area contributed by atoms with Crippen LogP contribution in [0.15, 0.2) is 0 Å². The average molecular weight is 268 g/mol. The number of likely N-dealkylation sites (tertiary alicyclic amines) is 2. The van der Waals surface area contributed by atoms with Crippen molar-refractivity contribution in [3.8, 4) is 0 Å². The normalized spacial score (nSPS) is 27.8. The third-order valence-electron chi connectivity index (χ3n) is 4.76. The summed E-state index contributed by atoms with van der Waals surface area (Å²) in [6, 6.07) is 1.34. The summed E-state index contributed by atoms with van der Waals surface area (Å²) in [5.41, 5.74) is 0. The van der Waals surface area contributed by atoms with E-state index in [2.05, 4.69) is 23.6 Å². The quantitative estimate of drug-likeness (QED) is 0.847. The molecule has 1 N–H and O–H groups in total. The first-order valence-corrected chi connectivity index (χ1v) is 7.76. The van der Waals surface area contributed by atoms with Crippen LogP contribution >= 0.6 is 0 Å². The fourth-order valence-corrected chi connectivity index (χ4v) is 3.61. The highest BCUT2D eigenvalue weighted by molar-refractivity contribution is 5.67. The summed E-state index contributed by atoms with van der Waals surface area (Å²) >= 11 is 0. The van der Waals surface area contributed by atoms with Crippen LogP contribution in [-0.4, -0.2) is 59.1 Å². The van der Waals surface area contributed by atoms with Gasteiger partial charge in [-0.05, 0) is 65.1 Å². The van der Waals surface area contributed by atoms with Gasteiger partial charge in [0.1, 0.15) is 0 Å². The molecule has 0 bridgehead atoms. The number of hydrogen-bond donors (Lipinski definition) is 1. The Morgan fingerprint density at radius 3 is 2.47 bits per heavy atom. The van der Waals surface area contributed by atoms with E-state index in [0.29, 0.717) is 24.4 Å². The van der Waals surface area contributed by atoms with Gasteiger partial charge in [-0.3, -0.25) is 4.79 Å². The predicted octanol–water partition coefficient (Wildman–Crippen LogP) is 2.05. The minimum absolute atomic E-state index is 0.349. The molecule has 0 saturated carbocycles. The zero-order valence-corrected chi connectivity index (χ0v) is 12.3. The van der Waals surface area contributed by atoms with Gasteiger partial charge in [-0.2, -0.15) is 0 Å². The molecule has 1 unspecified atom stereocenters. The number of piperidine rings is 2. The third-order valence-corrected chi connectivity index (χ3v) is 4.76. The Bertz CT molecular complexity index is 299. The maximum Gasteiger partial charge on any atom is 0.303 e. The molecule has 2 rings (SSSR count). The molecule has 0 aromatic rings. The summed E-state index contributed by atoms with van der Waals surface area (Å²) in [5.74, 6) is -0.268. The van der Waals surface area contributed by atoms with Gasteiger partial charge >= 0.3 is 5.97 Å². The highest BCUT2D eigenvalue weighted by Gasteiger charge is 2.29. The van der Waals surface area contributed by atoms with Gasteiger partial charge in [-0.15, -0.1) is 0 Å². The molecule has 0 aliphatic carbocycles. The zero-order chi connectivity index (χ0) is 13.8. The van der Waals surface area contributed by atoms with E-state index in [1.54, 1.807) is 0 Å². The minimum atomic E-state index is -0.638. The van der Waals surface area contributed by atoms with Crippen LogP contribution in [0.2, 0.25) is 0 Å². The SMILES string of the molecule is CC(C)N1CCC(N2CCCC(CC(=O)O)C2)CC1. The van der Waals surface area contributed by atoms with Gasteiger partial charge < -0.3 is 14.9 Å². The van der Waals surface area contributed by atoms with Crippen molar-refractivity contribution in [2.45, 2.75) is 58.0 Å². The molecule has 110 valence electrons. The monoisotopic (exact) mass is 268 g/mol. The van der Waals surface area contributed by atoms with E-state index in [4.69, 9.17) is 5.11 Å². The van der Waals surface area contributed by atoms with Crippen molar-refractivity contribution in [3.05, 3.63) is 0 Å². The summed E-state index contributed by atoms with van der Waals surface area (Å²) in [7, 11) is 0. The van der Waals surface area contributed by atoms with E-state index < -0.39 is 5.97 Å². The molecule has 4 heteroatoms. The molecule has 0 amide bonds. The van der Waals surface area contributed by atoms with Crippen molar-refractivity contribution < 1.29 is 9.90 Å². The Morgan fingerprint density at radius 1 is 1.21 bits per heavy atom. The molecule has 2 aliphatic rings. The lowest BCUT2D eigenvalue weighted by Crippen LogP contribution is -2.49. The highest BCUT2D eigenvalue weighted by Crippen LogP contribution is 2.25. The van der Waals surface area contributed by atoms with Crippen LogP contribution in [0.25, 0.3) is 0 Å². The summed E-state index contributed by atoms with van der Waals surface area (Å²) in [5, 5.41) is 8.93. The molecule has 2 fully saturated rings. The maximum atomic E-state index is 10.8. The van der Waals surface area contributed by atoms with Gasteiger partial charge in [-0.25, -0.2) is 0 Å². The van der Waals surface area contributed by atoms with Gasteiger partial charge in [-0.1, -0.05) is 0 Å². The third kappa shape index (κ3) is 4.18. The van der Waals surface area contributed by atoms with E-state index >= 15 is 0 Å². The molecule has 2 heterocycles. The van der Waals surface area contributed by atoms with Gasteiger partial charge in [0.25, 0.3) is 0 Å². The van der Waals surface area contributed by atoms with Crippen LogP contribution in [0.5, 0.6) is 0 Å². The molecule has 4 nitrogen and oxygen atoms in total. The number of aliphatic carboxylic acids is 1. The lowest BCUT2D eigenvalue weighted by molar-refractivity contribution is -0.138. The van der Waals surface area contributed by atoms with E-state index in [0.717, 1.165) is 13.0 Å². The Kier molecular flexibility index (Phi) is 5.22. The van der Waals surface area contributed by atoms with Crippen molar-refractivity contribution >= 4 is 5.97 Å². The molecule has 0 aromatic carbocycles. The van der Waals surface area contributed by atoms with Gasteiger partial charge in [0.2, 0.25) is 0 Å². The largest absolute Gasteiger partial charge is 0.481 e. The summed E-state index contributed by atoms with van der Waals surface area (Å²) < 4.78 is 0. The maximum absolute atomic E-state index is 10.8. The molecule has 0 radical (unpaired) electrons. The summed E-state index contributed by atoms with van der Waals surface area (Å²) in [6.45, 7) is 9.10. The fourth-order valence-electron chi connectivity index (χ4n) is 3.61. The number of carboxylic acid groups (broad SMARTS) is 1. The minimum Gasteiger partial charge on any atom is -0.481 e. The molecular formula is C15H28N2O2. The summed E-state index contributed by atoms with van der Waals surface area (Å²) in [6.07, 6.45) is 5.10. The average Bonchev–Trinajstić information content (AvgIpc) is 2.38. The van der Waals surface area contributed by atoms with E-state index in [1.165, 1.54) is 38.9 Å². The fraction of sp³-hybridized carbons (Fsp3) is 0.933. The van der Waals surface area contributed by atoms with Crippen molar-refractivity contribution in [2.75, 3.05) is 26.2 Å². The van der Waals surface area contributed by atoms with Gasteiger partial charge in [0.15, 0.2) is 0 Å². The number of carbonyl (C=O) groups is 1. The second kappa shape index (κ2) is 6.71. The predicted molar refractivity (Wildman–Crippen MR) is 76.3 cm³/mol. The first kappa shape index (κ1) is 14.8. The second-order valence-electron chi connectivity index (χ2n) is 6.46. The van der Waals surface area contributed by atoms with E-state index in [1.807, 2.05) is 0 Å². The highest BCUT2D eigenvalue weighted by atomic mass is 16.4. The Labute approximate surface area is 116 Å². The van der Waals surface area contributed by atoms with Crippen LogP contribution in [0.1, 0.15) is 46.0 Å². The molecule has 0 spiro atoms. The number of nitrogens with zero attached hydrogens (tertiary/aromatic N) is 2. The first-order valence-electron chi connectivity index (χ1n) is 7.76. The van der Waals surface area contributed by atoms with Gasteiger partial charge in [0.05, 0.1) is 0 Å². The Morgan fingerprint density at radius 2 is 1.89 bits per heavy atom. The second-order valence-corrected chi connectivity index (χ2v) is 6.46. The van der Waals surface area contributed by atoms with Crippen LogP contribution in [0.3, 0.4) is 0 Å². The van der Waals surface area contributed by atoms with Crippen molar-refractivity contribution in [1.82, 2.24) is 9.80 Å². The molecule has 2 saturated heterocycles. The van der Waals surface area contributed by atoms with Crippen LogP contribution in [-0.2, 0) is 4.79 Å². The molecule has 2 aliphatic heterocycles. The zero-order valence-electron chi connectivity index (χ0n) is 12.3. The Balaban J connectivity index is 1.80. The van der Waals surface area contributed by atoms with E-state index in [-0.39, 0.29) is 0 Å². The number of carboxylic acids is 1. The lowest BCUT2D eigenvalue weighted by atomic mass is 9.91. The molecule has 1 atom stereocenters. The Hall–Kier alpha value is -0.610. The smallest absolute Gasteiger partial charge is 0.303 e. The molecule has 19 heavy (non-hydrogen) atoms. The standard InChI is InChI=1S/C15H28N2O2/c1-12(2)16-8-5-14(6-9-16)17-7-3-4-13(11-17)10-15(18)19/h12-14H,3-11H2,1-2H3,(H,18,19). The molecular weight excluding hydrogens is 240 g/mol. The topological polar surface area (TPSA) is 43.8 Å².